The molecular formula is C20H15Cl2N5OS. The van der Waals surface area contributed by atoms with Crippen LogP contribution in [0.15, 0.2) is 61.2 Å². The standard InChI is InChI=1S/C20H15Cl2N5OS/c21-15-4-5-16(17(22)9-15)18(11-27-7-6-24-12-27)25-20(29)26-19(28)14-3-1-2-13(8-14)10-23/h1-9,12,18H,11H2,(H2,25,26,28,29). The smallest absolute Gasteiger partial charge is 0.257 e. The molecule has 3 aromatic rings. The number of nitriles is 1. The Labute approximate surface area is 183 Å². The Balaban J connectivity index is 1.77. The van der Waals surface area contributed by atoms with Crippen molar-refractivity contribution in [2.45, 2.75) is 12.6 Å². The number of hydrogen-bond acceptors (Lipinski definition) is 4. The second kappa shape index (κ2) is 9.52. The lowest BCUT2D eigenvalue weighted by atomic mass is 10.1. The van der Waals surface area contributed by atoms with Gasteiger partial charge in [0.2, 0.25) is 0 Å². The van der Waals surface area contributed by atoms with Crippen LogP contribution in [0.2, 0.25) is 10.0 Å². The molecule has 2 N–H and O–H groups in total. The van der Waals surface area contributed by atoms with Crippen LogP contribution in [-0.2, 0) is 6.54 Å². The van der Waals surface area contributed by atoms with E-state index >= 15 is 0 Å². The first-order valence-electron chi connectivity index (χ1n) is 8.49. The Bertz CT molecular complexity index is 1080. The summed E-state index contributed by atoms with van der Waals surface area (Å²) in [6.45, 7) is 0.473. The molecule has 0 aliphatic carbocycles. The Hall–Kier alpha value is -2.92. The monoisotopic (exact) mass is 443 g/mol. The average molecular weight is 444 g/mol. The summed E-state index contributed by atoms with van der Waals surface area (Å²) in [5, 5.41) is 15.9. The fourth-order valence-corrected chi connectivity index (χ4v) is 3.49. The van der Waals surface area contributed by atoms with E-state index in [9.17, 15) is 4.79 Å². The van der Waals surface area contributed by atoms with E-state index in [-0.39, 0.29) is 11.2 Å². The molecule has 0 saturated carbocycles. The molecule has 2 aromatic carbocycles. The van der Waals surface area contributed by atoms with E-state index < -0.39 is 5.91 Å². The molecular weight excluding hydrogens is 429 g/mol. The molecule has 3 rings (SSSR count). The zero-order chi connectivity index (χ0) is 20.8. The van der Waals surface area contributed by atoms with Crippen LogP contribution >= 0.6 is 35.4 Å². The fourth-order valence-electron chi connectivity index (χ4n) is 2.71. The number of amides is 1. The first kappa shape index (κ1) is 20.8. The van der Waals surface area contributed by atoms with E-state index in [1.165, 1.54) is 6.07 Å². The third kappa shape index (κ3) is 5.55. The van der Waals surface area contributed by atoms with E-state index in [2.05, 4.69) is 15.6 Å². The van der Waals surface area contributed by atoms with Crippen LogP contribution < -0.4 is 10.6 Å². The van der Waals surface area contributed by atoms with Crippen molar-refractivity contribution in [1.29, 1.82) is 5.26 Å². The van der Waals surface area contributed by atoms with Gasteiger partial charge < -0.3 is 9.88 Å². The first-order chi connectivity index (χ1) is 14.0. The molecule has 0 aliphatic heterocycles. The van der Waals surface area contributed by atoms with Crippen LogP contribution in [-0.4, -0.2) is 20.6 Å². The van der Waals surface area contributed by atoms with E-state index in [4.69, 9.17) is 40.7 Å². The lowest BCUT2D eigenvalue weighted by Crippen LogP contribution is -2.42. The quantitative estimate of drug-likeness (QED) is 0.579. The van der Waals surface area contributed by atoms with Gasteiger partial charge in [0.15, 0.2) is 5.11 Å². The predicted octanol–water partition coefficient (Wildman–Crippen LogP) is 4.11. The van der Waals surface area contributed by atoms with Crippen molar-refractivity contribution in [1.82, 2.24) is 20.2 Å². The van der Waals surface area contributed by atoms with Crippen LogP contribution in [0.3, 0.4) is 0 Å². The Morgan fingerprint density at radius 1 is 1.28 bits per heavy atom. The minimum atomic E-state index is -0.414. The molecule has 0 spiro atoms. The molecule has 1 aromatic heterocycles. The van der Waals surface area contributed by atoms with Crippen molar-refractivity contribution in [3.8, 4) is 6.07 Å². The highest BCUT2D eigenvalue weighted by Gasteiger charge is 2.18. The Morgan fingerprint density at radius 3 is 2.79 bits per heavy atom. The van der Waals surface area contributed by atoms with Gasteiger partial charge in [0, 0.05) is 34.5 Å². The zero-order valence-electron chi connectivity index (χ0n) is 15.0. The Morgan fingerprint density at radius 2 is 2.10 bits per heavy atom. The highest BCUT2D eigenvalue weighted by atomic mass is 35.5. The summed E-state index contributed by atoms with van der Waals surface area (Å²) >= 11 is 17.7. The number of thiocarbonyl (C=S) groups is 1. The highest BCUT2D eigenvalue weighted by Crippen LogP contribution is 2.27. The van der Waals surface area contributed by atoms with Gasteiger partial charge in [-0.3, -0.25) is 10.1 Å². The number of hydrogen-bond donors (Lipinski definition) is 2. The predicted molar refractivity (Wildman–Crippen MR) is 116 cm³/mol. The molecule has 29 heavy (non-hydrogen) atoms. The molecule has 0 saturated heterocycles. The summed E-state index contributed by atoms with van der Waals surface area (Å²) < 4.78 is 1.86. The minimum absolute atomic E-state index is 0.133. The third-order valence-corrected chi connectivity index (χ3v) is 4.86. The molecule has 1 heterocycles. The number of aromatic nitrogens is 2. The number of nitrogens with one attached hydrogen (secondary N) is 2. The molecule has 1 unspecified atom stereocenters. The molecule has 146 valence electrons. The van der Waals surface area contributed by atoms with Crippen LogP contribution in [0.25, 0.3) is 0 Å². The van der Waals surface area contributed by atoms with Crippen molar-refractivity contribution >= 4 is 46.4 Å². The molecule has 1 atom stereocenters. The second-order valence-electron chi connectivity index (χ2n) is 6.10. The third-order valence-electron chi connectivity index (χ3n) is 4.08. The summed E-state index contributed by atoms with van der Waals surface area (Å²) in [5.41, 5.74) is 1.50. The maximum Gasteiger partial charge on any atom is 0.257 e. The van der Waals surface area contributed by atoms with Crippen molar-refractivity contribution < 1.29 is 4.79 Å². The van der Waals surface area contributed by atoms with E-state index in [0.717, 1.165) is 5.56 Å². The minimum Gasteiger partial charge on any atom is -0.354 e. The number of benzene rings is 2. The maximum absolute atomic E-state index is 12.5. The fraction of sp³-hybridized carbons (Fsp3) is 0.100. The van der Waals surface area contributed by atoms with Crippen LogP contribution in [0.1, 0.15) is 27.5 Å². The van der Waals surface area contributed by atoms with Crippen molar-refractivity contribution in [3.05, 3.63) is 87.9 Å². The number of imidazole rings is 1. The van der Waals surface area contributed by atoms with E-state index in [1.54, 1.807) is 48.9 Å². The van der Waals surface area contributed by atoms with Gasteiger partial charge in [-0.1, -0.05) is 35.3 Å². The van der Waals surface area contributed by atoms with Crippen molar-refractivity contribution in [2.75, 3.05) is 0 Å². The molecule has 0 fully saturated rings. The maximum atomic E-state index is 12.5. The van der Waals surface area contributed by atoms with Crippen LogP contribution in [0, 0.1) is 11.3 Å². The van der Waals surface area contributed by atoms with Gasteiger partial charge >= 0.3 is 0 Å². The van der Waals surface area contributed by atoms with Gasteiger partial charge in [0.05, 0.1) is 24.0 Å². The summed E-state index contributed by atoms with van der Waals surface area (Å²) in [6, 6.07) is 13.2. The molecule has 1 amide bonds. The topological polar surface area (TPSA) is 82.7 Å². The average Bonchev–Trinajstić information content (AvgIpc) is 3.20. The van der Waals surface area contributed by atoms with Crippen LogP contribution in [0.4, 0.5) is 0 Å². The van der Waals surface area contributed by atoms with Gasteiger partial charge in [-0.2, -0.15) is 5.26 Å². The van der Waals surface area contributed by atoms with Gasteiger partial charge in [-0.25, -0.2) is 4.98 Å². The summed E-state index contributed by atoms with van der Waals surface area (Å²) in [5.74, 6) is -0.414. The molecule has 0 radical (unpaired) electrons. The lowest BCUT2D eigenvalue weighted by Gasteiger charge is -2.22. The number of nitrogens with zero attached hydrogens (tertiary/aromatic N) is 3. The lowest BCUT2D eigenvalue weighted by molar-refractivity contribution is 0.0976. The highest BCUT2D eigenvalue weighted by molar-refractivity contribution is 7.80. The normalized spacial score (nSPS) is 11.3. The molecule has 0 bridgehead atoms. The molecule has 9 heteroatoms. The van der Waals surface area contributed by atoms with Gasteiger partial charge in [-0.15, -0.1) is 0 Å². The van der Waals surface area contributed by atoms with Gasteiger partial charge in [0.1, 0.15) is 0 Å². The van der Waals surface area contributed by atoms with Crippen molar-refractivity contribution in [2.24, 2.45) is 0 Å². The summed E-state index contributed by atoms with van der Waals surface area (Å²) in [6.07, 6.45) is 5.16. The SMILES string of the molecule is N#Cc1cccc(C(=O)NC(=S)NC(Cn2ccnc2)c2ccc(Cl)cc2Cl)c1. The summed E-state index contributed by atoms with van der Waals surface area (Å²) in [4.78, 5) is 16.5. The first-order valence-corrected chi connectivity index (χ1v) is 9.65. The molecule has 0 aliphatic rings. The largest absolute Gasteiger partial charge is 0.354 e. The van der Waals surface area contributed by atoms with E-state index in [1.807, 2.05) is 16.8 Å². The molecule has 6 nitrogen and oxygen atoms in total. The Kier molecular flexibility index (Phi) is 6.83. The van der Waals surface area contributed by atoms with Gasteiger partial charge in [0.25, 0.3) is 5.91 Å². The number of rotatable bonds is 5. The number of carbonyl (C=O) groups excluding carboxylic acids is 1. The number of halogens is 2. The van der Waals surface area contributed by atoms with E-state index in [0.29, 0.717) is 27.7 Å². The second-order valence-corrected chi connectivity index (χ2v) is 7.35. The van der Waals surface area contributed by atoms with Crippen molar-refractivity contribution in [3.63, 3.8) is 0 Å². The zero-order valence-corrected chi connectivity index (χ0v) is 17.3. The van der Waals surface area contributed by atoms with Crippen LogP contribution in [0.5, 0.6) is 0 Å². The summed E-state index contributed by atoms with van der Waals surface area (Å²) in [7, 11) is 0. The van der Waals surface area contributed by atoms with Gasteiger partial charge in [-0.05, 0) is 48.1 Å². The number of carbonyl (C=O) groups is 1.